The van der Waals surface area contributed by atoms with Crippen molar-refractivity contribution in [3.63, 3.8) is 0 Å². The molecule has 2 fully saturated rings. The quantitative estimate of drug-likeness (QED) is 0.240. The third kappa shape index (κ3) is 5.93. The van der Waals surface area contributed by atoms with Gasteiger partial charge in [0.2, 0.25) is 0 Å². The van der Waals surface area contributed by atoms with Gasteiger partial charge in [-0.15, -0.1) is 0 Å². The second-order valence-electron chi connectivity index (χ2n) is 10.9. The number of anilines is 1. The second-order valence-corrected chi connectivity index (χ2v) is 14.8. The molecule has 2 aromatic heterocycles. The van der Waals surface area contributed by atoms with Gasteiger partial charge in [-0.2, -0.15) is 0 Å². The Kier molecular flexibility index (Phi) is 8.67. The molecule has 0 saturated carbocycles. The lowest BCUT2D eigenvalue weighted by molar-refractivity contribution is -0.0483. The van der Waals surface area contributed by atoms with Gasteiger partial charge < -0.3 is 39.1 Å². The molecule has 0 radical (unpaired) electrons. The minimum atomic E-state index is -4.82. The van der Waals surface area contributed by atoms with Gasteiger partial charge in [0.15, 0.2) is 29.1 Å². The van der Waals surface area contributed by atoms with Gasteiger partial charge in [0.25, 0.3) is 0 Å². The van der Waals surface area contributed by atoms with Crippen LogP contribution in [0.2, 0.25) is 0 Å². The molecule has 5 atom stereocenters. The highest BCUT2D eigenvalue weighted by Gasteiger charge is 2.49. The van der Waals surface area contributed by atoms with E-state index in [1.807, 2.05) is 13.8 Å². The van der Waals surface area contributed by atoms with E-state index in [2.05, 4.69) is 44.1 Å². The molecule has 0 amide bonds. The first kappa shape index (κ1) is 31.2. The summed E-state index contributed by atoms with van der Waals surface area (Å²) in [7, 11) is -9.49. The highest BCUT2D eigenvalue weighted by atomic mass is 31.2. The summed E-state index contributed by atoms with van der Waals surface area (Å²) in [5.74, 6) is -0.217. The number of imidazole rings is 1. The van der Waals surface area contributed by atoms with Gasteiger partial charge in [0.1, 0.15) is 24.1 Å². The Hall–Kier alpha value is -2.25. The summed E-state index contributed by atoms with van der Waals surface area (Å²) in [6, 6.07) is 8.58. The van der Waals surface area contributed by atoms with Gasteiger partial charge in [-0.1, -0.05) is 38.1 Å². The van der Waals surface area contributed by atoms with Crippen LogP contribution in [0.5, 0.6) is 0 Å². The molecule has 2 aliphatic heterocycles. The molecular weight excluding hydrogens is 588 g/mol. The summed E-state index contributed by atoms with van der Waals surface area (Å²) in [6.07, 6.45) is -0.629. The number of nitrogens with zero attached hydrogens (tertiary/aromatic N) is 5. The molecular formula is C26H37N5O9P2. The maximum Gasteiger partial charge on any atom is 0.340 e. The molecule has 3 aliphatic rings. The minimum absolute atomic E-state index is 0.0661. The predicted octanol–water partition coefficient (Wildman–Crippen LogP) is 2.21. The summed E-state index contributed by atoms with van der Waals surface area (Å²) >= 11 is 0. The zero-order chi connectivity index (χ0) is 30.4. The topological polar surface area (TPSA) is 201 Å². The summed E-state index contributed by atoms with van der Waals surface area (Å²) in [4.78, 5) is 43.6. The van der Waals surface area contributed by atoms with Crippen molar-refractivity contribution >= 4 is 32.2 Å². The summed E-state index contributed by atoms with van der Waals surface area (Å²) in [6.45, 7) is 6.66. The number of hydrogen-bond donors (Lipinski definition) is 5. The smallest absolute Gasteiger partial charge is 0.340 e. The van der Waals surface area contributed by atoms with Crippen molar-refractivity contribution in [3.05, 3.63) is 47.5 Å². The molecule has 16 heteroatoms. The third-order valence-corrected chi connectivity index (χ3v) is 11.4. The molecule has 14 nitrogen and oxygen atoms in total. The van der Waals surface area contributed by atoms with E-state index in [9.17, 15) is 24.2 Å². The second kappa shape index (κ2) is 11.7. The fraction of sp³-hybridized carbons (Fsp3) is 0.577. The lowest BCUT2D eigenvalue weighted by Gasteiger charge is -2.53. The molecule has 1 aliphatic carbocycles. The van der Waals surface area contributed by atoms with Crippen LogP contribution in [0, 0.1) is 6.92 Å². The van der Waals surface area contributed by atoms with Crippen molar-refractivity contribution in [1.82, 2.24) is 19.5 Å². The molecule has 2 saturated heterocycles. The number of aliphatic hydroxyl groups excluding tert-OH is 2. The molecule has 3 aromatic rings. The number of rotatable bonds is 7. The molecule has 4 heterocycles. The average molecular weight is 626 g/mol. The Morgan fingerprint density at radius 2 is 1.81 bits per heavy atom. The number of benzene rings is 1. The van der Waals surface area contributed by atoms with Crippen LogP contribution in [0.1, 0.15) is 49.9 Å². The van der Waals surface area contributed by atoms with Crippen LogP contribution in [0.15, 0.2) is 30.6 Å². The lowest BCUT2D eigenvalue weighted by atomic mass is 9.65. The van der Waals surface area contributed by atoms with Crippen LogP contribution >= 0.6 is 15.2 Å². The Labute approximate surface area is 243 Å². The van der Waals surface area contributed by atoms with E-state index >= 15 is 0 Å². The number of hydrogen-bond acceptors (Lipinski definition) is 10. The summed E-state index contributed by atoms with van der Waals surface area (Å²) < 4.78 is 35.2. The average Bonchev–Trinajstić information content (AvgIpc) is 3.45. The number of aromatic nitrogens is 4. The fourth-order valence-corrected chi connectivity index (χ4v) is 8.71. The first-order valence-electron chi connectivity index (χ1n) is 13.9. The standard InChI is InChI=1S/C24H31N5O9P2.C2H6/c1-14-26-21(28-10-24(11-28)8-4-6-15-5-2-3-7-16(15)24)18-22(27-14)29(12-25-18)23-20(31)19(30)17(38-23)9-37-40(35,36)13-39(32,33)34;1-2/h2-3,5,7,12,17,19-20,23,30-31H,4,6,8-11,13H2,1H3,(H,35,36)(H2,32,33,34);1-2H3. The molecule has 230 valence electrons. The van der Waals surface area contributed by atoms with E-state index in [1.165, 1.54) is 22.0 Å². The van der Waals surface area contributed by atoms with E-state index in [-0.39, 0.29) is 5.41 Å². The number of aliphatic hydroxyl groups is 2. The molecule has 1 aromatic carbocycles. The largest absolute Gasteiger partial charge is 0.387 e. The van der Waals surface area contributed by atoms with Crippen LogP contribution in [0.3, 0.4) is 0 Å². The molecule has 5 unspecified atom stereocenters. The maximum atomic E-state index is 12.0. The summed E-state index contributed by atoms with van der Waals surface area (Å²) in [5, 5.41) is 21.3. The van der Waals surface area contributed by atoms with Gasteiger partial charge in [-0.25, -0.2) is 15.0 Å². The first-order valence-corrected chi connectivity index (χ1v) is 17.5. The Balaban J connectivity index is 0.00000173. The lowest BCUT2D eigenvalue weighted by Crippen LogP contribution is -2.61. The highest BCUT2D eigenvalue weighted by Crippen LogP contribution is 2.55. The highest BCUT2D eigenvalue weighted by molar-refractivity contribution is 7.70. The number of aryl methyl sites for hydroxylation is 2. The molecule has 42 heavy (non-hydrogen) atoms. The van der Waals surface area contributed by atoms with Crippen LogP contribution in [0.4, 0.5) is 5.82 Å². The van der Waals surface area contributed by atoms with Gasteiger partial charge >= 0.3 is 15.2 Å². The van der Waals surface area contributed by atoms with Crippen LogP contribution < -0.4 is 4.90 Å². The van der Waals surface area contributed by atoms with Gasteiger partial charge in [0, 0.05) is 18.5 Å². The summed E-state index contributed by atoms with van der Waals surface area (Å²) in [5.41, 5.74) is 3.75. The predicted molar refractivity (Wildman–Crippen MR) is 153 cm³/mol. The zero-order valence-corrected chi connectivity index (χ0v) is 25.4. The third-order valence-electron chi connectivity index (χ3n) is 7.91. The molecule has 5 N–H and O–H groups in total. The van der Waals surface area contributed by atoms with E-state index in [4.69, 9.17) is 19.0 Å². The minimum Gasteiger partial charge on any atom is -0.387 e. The first-order chi connectivity index (χ1) is 19.9. The van der Waals surface area contributed by atoms with Crippen molar-refractivity contribution in [2.24, 2.45) is 0 Å². The van der Waals surface area contributed by atoms with E-state index in [0.29, 0.717) is 22.8 Å². The van der Waals surface area contributed by atoms with Gasteiger partial charge in [0.05, 0.1) is 12.9 Å². The van der Waals surface area contributed by atoms with Crippen molar-refractivity contribution in [2.75, 3.05) is 30.5 Å². The SMILES string of the molecule is CC.Cc1nc(N2CC3(CCCc4ccccc43)C2)c2ncn(C3OC(COP(=O)(O)CP(=O)(O)O)C(O)C3O)c2n1. The van der Waals surface area contributed by atoms with Crippen molar-refractivity contribution in [1.29, 1.82) is 0 Å². The Bertz CT molecular complexity index is 1540. The van der Waals surface area contributed by atoms with Gasteiger partial charge in [-0.05, 0) is 37.3 Å². The normalized spacial score (nSPS) is 26.3. The van der Waals surface area contributed by atoms with Crippen molar-refractivity contribution < 1.29 is 43.3 Å². The Morgan fingerprint density at radius 3 is 2.52 bits per heavy atom. The van der Waals surface area contributed by atoms with Crippen molar-refractivity contribution in [3.8, 4) is 0 Å². The Morgan fingerprint density at radius 1 is 1.10 bits per heavy atom. The van der Waals surface area contributed by atoms with E-state index < -0.39 is 52.2 Å². The number of ether oxygens (including phenoxy) is 1. The van der Waals surface area contributed by atoms with E-state index in [0.717, 1.165) is 32.4 Å². The number of fused-ring (bicyclic) bond motifs is 3. The van der Waals surface area contributed by atoms with Crippen molar-refractivity contribution in [2.45, 2.75) is 70.0 Å². The van der Waals surface area contributed by atoms with E-state index in [1.54, 1.807) is 6.92 Å². The monoisotopic (exact) mass is 625 g/mol. The zero-order valence-electron chi connectivity index (χ0n) is 23.6. The molecule has 1 spiro atoms. The van der Waals surface area contributed by atoms with Gasteiger partial charge in [-0.3, -0.25) is 13.7 Å². The van der Waals surface area contributed by atoms with Crippen LogP contribution in [0.25, 0.3) is 11.2 Å². The molecule has 6 rings (SSSR count). The van der Waals surface area contributed by atoms with Crippen LogP contribution in [-0.4, -0.2) is 88.3 Å². The maximum absolute atomic E-state index is 12.0. The fourth-order valence-electron chi connectivity index (χ4n) is 6.14. The van der Waals surface area contributed by atoms with Crippen LogP contribution in [-0.2, 0) is 30.2 Å². The molecule has 0 bridgehead atoms.